The Hall–Kier alpha value is -1.45. The molecule has 0 radical (unpaired) electrons. The fourth-order valence-corrected chi connectivity index (χ4v) is 3.52. The van der Waals surface area contributed by atoms with Crippen molar-refractivity contribution in [1.82, 2.24) is 14.5 Å². The number of aryl methyl sites for hydroxylation is 1. The van der Waals surface area contributed by atoms with Gasteiger partial charge in [0.1, 0.15) is 5.56 Å². The molecule has 0 saturated carbocycles. The Morgan fingerprint density at radius 2 is 2.16 bits per heavy atom. The molecule has 2 heterocycles. The Morgan fingerprint density at radius 1 is 1.42 bits per heavy atom. The van der Waals surface area contributed by atoms with Gasteiger partial charge in [-0.25, -0.2) is 13.2 Å². The molecular weight excluding hydrogens is 274 g/mol. The van der Waals surface area contributed by atoms with E-state index in [1.807, 2.05) is 0 Å². The van der Waals surface area contributed by atoms with Gasteiger partial charge in [-0.05, 0) is 13.3 Å². The summed E-state index contributed by atoms with van der Waals surface area (Å²) in [5, 5.41) is 14.7. The van der Waals surface area contributed by atoms with Crippen LogP contribution in [0.3, 0.4) is 0 Å². The van der Waals surface area contributed by atoms with Gasteiger partial charge in [0.2, 0.25) is 5.03 Å². The van der Waals surface area contributed by atoms with Crippen molar-refractivity contribution in [3.63, 3.8) is 0 Å². The molecule has 0 unspecified atom stereocenters. The lowest BCUT2D eigenvalue weighted by molar-refractivity contribution is 0.0691. The topological polar surface area (TPSA) is 113 Å². The summed E-state index contributed by atoms with van der Waals surface area (Å²) in [7, 11) is -3.91. The Labute approximate surface area is 110 Å². The highest BCUT2D eigenvalue weighted by Gasteiger charge is 2.33. The van der Waals surface area contributed by atoms with Crippen LogP contribution in [0.15, 0.2) is 5.03 Å². The summed E-state index contributed by atoms with van der Waals surface area (Å²) in [4.78, 5) is 11.1. The predicted molar refractivity (Wildman–Crippen MR) is 64.5 cm³/mol. The van der Waals surface area contributed by atoms with Crippen molar-refractivity contribution in [1.29, 1.82) is 0 Å². The minimum atomic E-state index is -3.91. The lowest BCUT2D eigenvalue weighted by Crippen LogP contribution is -2.34. The number of aromatic nitrogens is 2. The van der Waals surface area contributed by atoms with E-state index in [1.165, 1.54) is 11.2 Å². The number of hydrogen-bond donors (Lipinski definition) is 2. The van der Waals surface area contributed by atoms with Gasteiger partial charge < -0.3 is 9.84 Å². The highest BCUT2D eigenvalue weighted by Crippen LogP contribution is 2.21. The number of nitrogens with one attached hydrogen (secondary N) is 1. The van der Waals surface area contributed by atoms with Crippen molar-refractivity contribution in [3.05, 3.63) is 11.3 Å². The zero-order valence-corrected chi connectivity index (χ0v) is 11.2. The third-order valence-corrected chi connectivity index (χ3v) is 4.72. The van der Waals surface area contributed by atoms with Crippen LogP contribution in [-0.4, -0.2) is 60.3 Å². The number of ether oxygens (including phenoxy) is 1. The molecule has 0 bridgehead atoms. The first-order valence-corrected chi connectivity index (χ1v) is 7.24. The van der Waals surface area contributed by atoms with Crippen LogP contribution in [0, 0.1) is 6.92 Å². The minimum absolute atomic E-state index is 0.202. The first-order chi connectivity index (χ1) is 8.94. The van der Waals surface area contributed by atoms with Crippen molar-refractivity contribution in [2.45, 2.75) is 18.4 Å². The Kier molecular flexibility index (Phi) is 3.88. The number of carboxylic acid groups (broad SMARTS) is 1. The van der Waals surface area contributed by atoms with Crippen molar-refractivity contribution >= 4 is 16.0 Å². The number of aromatic amines is 1. The number of rotatable bonds is 3. The van der Waals surface area contributed by atoms with Crippen LogP contribution in [-0.2, 0) is 14.8 Å². The number of H-pyrrole nitrogens is 1. The molecule has 2 rings (SSSR count). The first-order valence-electron chi connectivity index (χ1n) is 5.80. The van der Waals surface area contributed by atoms with E-state index in [2.05, 4.69) is 10.2 Å². The van der Waals surface area contributed by atoms with Crippen molar-refractivity contribution in [3.8, 4) is 0 Å². The standard InChI is InChI=1S/C10H15N3O5S/c1-7-8(10(14)15)9(12-11-7)19(16,17)13-3-2-5-18-6-4-13/h2-6H2,1H3,(H,11,12)(H,14,15). The molecule has 2 N–H and O–H groups in total. The molecule has 1 saturated heterocycles. The fourth-order valence-electron chi connectivity index (χ4n) is 1.93. The normalized spacial score (nSPS) is 18.2. The molecule has 0 aromatic carbocycles. The molecule has 9 heteroatoms. The average Bonchev–Trinajstić information content (AvgIpc) is 2.58. The summed E-state index contributed by atoms with van der Waals surface area (Å²) in [6.07, 6.45) is 0.574. The summed E-state index contributed by atoms with van der Waals surface area (Å²) < 4.78 is 31.2. The Balaban J connectivity index is 2.41. The van der Waals surface area contributed by atoms with Crippen LogP contribution >= 0.6 is 0 Å². The second-order valence-corrected chi connectivity index (χ2v) is 6.06. The molecule has 0 spiro atoms. The zero-order valence-electron chi connectivity index (χ0n) is 10.4. The molecule has 1 aliphatic heterocycles. The molecule has 1 fully saturated rings. The van der Waals surface area contributed by atoms with Gasteiger partial charge in [0.15, 0.2) is 0 Å². The molecule has 1 aliphatic rings. The summed E-state index contributed by atoms with van der Waals surface area (Å²) in [5.41, 5.74) is -0.0812. The Bertz CT molecular complexity index is 572. The Morgan fingerprint density at radius 3 is 2.84 bits per heavy atom. The van der Waals surface area contributed by atoms with Crippen molar-refractivity contribution < 1.29 is 23.1 Å². The highest BCUT2D eigenvalue weighted by molar-refractivity contribution is 7.89. The largest absolute Gasteiger partial charge is 0.478 e. The highest BCUT2D eigenvalue weighted by atomic mass is 32.2. The molecule has 1 aromatic heterocycles. The van der Waals surface area contributed by atoms with E-state index < -0.39 is 21.0 Å². The van der Waals surface area contributed by atoms with Gasteiger partial charge in [0.05, 0.1) is 6.61 Å². The van der Waals surface area contributed by atoms with Gasteiger partial charge >= 0.3 is 5.97 Å². The van der Waals surface area contributed by atoms with E-state index in [1.54, 1.807) is 0 Å². The molecule has 1 aromatic rings. The molecule has 0 amide bonds. The van der Waals surface area contributed by atoms with Crippen LogP contribution in [0.25, 0.3) is 0 Å². The molecular formula is C10H15N3O5S. The predicted octanol–water partition coefficient (Wildman–Crippen LogP) is -0.173. The van der Waals surface area contributed by atoms with E-state index in [0.29, 0.717) is 26.2 Å². The lowest BCUT2D eigenvalue weighted by Gasteiger charge is -2.17. The number of aromatic carboxylic acids is 1. The maximum atomic E-state index is 12.4. The average molecular weight is 289 g/mol. The minimum Gasteiger partial charge on any atom is -0.478 e. The van der Waals surface area contributed by atoms with Crippen LogP contribution in [0.2, 0.25) is 0 Å². The fraction of sp³-hybridized carbons (Fsp3) is 0.600. The first kappa shape index (κ1) is 14.0. The van der Waals surface area contributed by atoms with Crippen LogP contribution in [0.1, 0.15) is 22.5 Å². The molecule has 106 valence electrons. The molecule has 0 atom stereocenters. The van der Waals surface area contributed by atoms with E-state index in [-0.39, 0.29) is 17.8 Å². The van der Waals surface area contributed by atoms with Crippen LogP contribution in [0.4, 0.5) is 0 Å². The van der Waals surface area contributed by atoms with Gasteiger partial charge in [-0.1, -0.05) is 0 Å². The van der Waals surface area contributed by atoms with Crippen molar-refractivity contribution in [2.75, 3.05) is 26.3 Å². The van der Waals surface area contributed by atoms with Gasteiger partial charge in [0.25, 0.3) is 10.0 Å². The van der Waals surface area contributed by atoms with E-state index in [0.717, 1.165) is 0 Å². The quantitative estimate of drug-likeness (QED) is 0.798. The third-order valence-electron chi connectivity index (χ3n) is 2.89. The van der Waals surface area contributed by atoms with Crippen LogP contribution < -0.4 is 0 Å². The summed E-state index contributed by atoms with van der Waals surface area (Å²) in [6, 6.07) is 0. The number of nitrogens with zero attached hydrogens (tertiary/aromatic N) is 2. The van der Waals surface area contributed by atoms with Crippen molar-refractivity contribution in [2.24, 2.45) is 0 Å². The van der Waals surface area contributed by atoms with E-state index in [4.69, 9.17) is 9.84 Å². The van der Waals surface area contributed by atoms with E-state index >= 15 is 0 Å². The van der Waals surface area contributed by atoms with Crippen LogP contribution in [0.5, 0.6) is 0 Å². The summed E-state index contributed by atoms with van der Waals surface area (Å²) >= 11 is 0. The molecule has 0 aliphatic carbocycles. The lowest BCUT2D eigenvalue weighted by atomic mass is 10.3. The van der Waals surface area contributed by atoms with Gasteiger partial charge in [-0.2, -0.15) is 9.40 Å². The SMILES string of the molecule is Cc1[nH]nc(S(=O)(=O)N2CCCOCC2)c1C(=O)O. The number of carbonyl (C=O) groups is 1. The second-order valence-electron chi connectivity index (χ2n) is 4.20. The zero-order chi connectivity index (χ0) is 14.0. The number of sulfonamides is 1. The smallest absolute Gasteiger partial charge is 0.340 e. The second kappa shape index (κ2) is 5.27. The number of carboxylic acids is 1. The van der Waals surface area contributed by atoms with Gasteiger partial charge in [-0.15, -0.1) is 0 Å². The molecule has 8 nitrogen and oxygen atoms in total. The van der Waals surface area contributed by atoms with Gasteiger partial charge in [-0.3, -0.25) is 5.10 Å². The molecule has 19 heavy (non-hydrogen) atoms. The monoisotopic (exact) mass is 289 g/mol. The summed E-state index contributed by atoms with van der Waals surface area (Å²) in [6.45, 7) is 2.77. The van der Waals surface area contributed by atoms with Gasteiger partial charge in [0, 0.05) is 25.4 Å². The third kappa shape index (κ3) is 2.62. The number of hydrogen-bond acceptors (Lipinski definition) is 5. The van der Waals surface area contributed by atoms with E-state index in [9.17, 15) is 13.2 Å². The summed E-state index contributed by atoms with van der Waals surface area (Å²) in [5.74, 6) is -1.31. The maximum Gasteiger partial charge on any atom is 0.340 e. The maximum absolute atomic E-state index is 12.4.